The molecule has 1 saturated heterocycles. The average molecular weight is 282 g/mol. The van der Waals surface area contributed by atoms with Crippen LogP contribution in [0.4, 0.5) is 0 Å². The van der Waals surface area contributed by atoms with E-state index in [-0.39, 0.29) is 23.5 Å². The summed E-state index contributed by atoms with van der Waals surface area (Å²) in [5.41, 5.74) is -0.159. The fourth-order valence-electron chi connectivity index (χ4n) is 1.58. The summed E-state index contributed by atoms with van der Waals surface area (Å²) in [6.07, 6.45) is 0. The third-order valence-corrected chi connectivity index (χ3v) is 4.13. The molecule has 0 aliphatic carbocycles. The molecule has 1 aromatic heterocycles. The van der Waals surface area contributed by atoms with Gasteiger partial charge >= 0.3 is 0 Å². The molecule has 2 heterocycles. The molecule has 5 heteroatoms. The maximum Gasteiger partial charge on any atom is 0.151 e. The van der Waals surface area contributed by atoms with Crippen LogP contribution in [0.1, 0.15) is 25.6 Å². The van der Waals surface area contributed by atoms with Crippen molar-refractivity contribution in [1.29, 1.82) is 0 Å². The van der Waals surface area contributed by atoms with Crippen LogP contribution in [0.3, 0.4) is 0 Å². The Hall–Kier alpha value is 0.200. The minimum Gasteiger partial charge on any atom is -0.355 e. The quantitative estimate of drug-likeness (QED) is 0.849. The molecule has 92 valence electrons. The van der Waals surface area contributed by atoms with Crippen LogP contribution in [-0.4, -0.2) is 13.2 Å². The van der Waals surface area contributed by atoms with Crippen molar-refractivity contribution in [1.82, 2.24) is 5.32 Å². The van der Waals surface area contributed by atoms with Crippen LogP contribution in [0.15, 0.2) is 12.1 Å². The lowest BCUT2D eigenvalue weighted by Crippen LogP contribution is -2.53. The Morgan fingerprint density at radius 1 is 1.38 bits per heavy atom. The van der Waals surface area contributed by atoms with Gasteiger partial charge in [0.2, 0.25) is 0 Å². The van der Waals surface area contributed by atoms with Gasteiger partial charge in [0.1, 0.15) is 0 Å². The molecule has 0 saturated carbocycles. The van der Waals surface area contributed by atoms with E-state index in [2.05, 4.69) is 26.1 Å². The highest BCUT2D eigenvalue weighted by Gasteiger charge is 2.37. The van der Waals surface area contributed by atoms with Gasteiger partial charge in [-0.3, -0.25) is 5.32 Å². The second-order valence-electron chi connectivity index (χ2n) is 4.94. The topological polar surface area (TPSA) is 21.3 Å². The molecule has 1 aliphatic heterocycles. The van der Waals surface area contributed by atoms with Gasteiger partial charge in [-0.25, -0.2) is 0 Å². The van der Waals surface area contributed by atoms with E-state index in [0.29, 0.717) is 0 Å². The van der Waals surface area contributed by atoms with Crippen LogP contribution in [-0.2, 0) is 10.5 Å². The Balaban J connectivity index is 0.00000128. The van der Waals surface area contributed by atoms with Gasteiger partial charge in [-0.05, 0) is 19.1 Å². The Morgan fingerprint density at radius 3 is 2.50 bits per heavy atom. The lowest BCUT2D eigenvalue weighted by Gasteiger charge is -2.42. The van der Waals surface area contributed by atoms with Crippen molar-refractivity contribution in [2.75, 3.05) is 13.2 Å². The first-order chi connectivity index (χ1) is 6.91. The summed E-state index contributed by atoms with van der Waals surface area (Å²) in [4.78, 5) is 1.14. The minimum atomic E-state index is -0.368. The number of thiophene rings is 1. The molecule has 1 N–H and O–H groups in total. The van der Waals surface area contributed by atoms with Gasteiger partial charge in [-0.2, -0.15) is 0 Å². The molecule has 1 atom stereocenters. The standard InChI is InChI=1S/C11H16ClNOS.ClH/c1-10(2)6-13-11(3,14-7-10)8-4-5-9(12)15-8;/h4-5,13H,6-7H2,1-3H3;1H. The maximum absolute atomic E-state index is 5.93. The third kappa shape index (κ3) is 2.90. The molecule has 1 aliphatic rings. The zero-order chi connectivity index (χ0) is 11.1. The normalized spacial score (nSPS) is 28.5. The Kier molecular flexibility index (Phi) is 4.30. The second-order valence-corrected chi connectivity index (χ2v) is 6.66. The Labute approximate surface area is 112 Å². The summed E-state index contributed by atoms with van der Waals surface area (Å²) in [6.45, 7) is 8.18. The second kappa shape index (κ2) is 4.83. The molecule has 0 radical (unpaired) electrons. The van der Waals surface area contributed by atoms with E-state index >= 15 is 0 Å². The molecule has 0 bridgehead atoms. The number of hydrogen-bond acceptors (Lipinski definition) is 3. The van der Waals surface area contributed by atoms with E-state index in [4.69, 9.17) is 16.3 Å². The van der Waals surface area contributed by atoms with E-state index in [1.807, 2.05) is 12.1 Å². The zero-order valence-corrected chi connectivity index (χ0v) is 12.1. The highest BCUT2D eigenvalue weighted by molar-refractivity contribution is 7.16. The van der Waals surface area contributed by atoms with Crippen molar-refractivity contribution in [2.45, 2.75) is 26.5 Å². The summed E-state index contributed by atoms with van der Waals surface area (Å²) >= 11 is 7.50. The van der Waals surface area contributed by atoms with E-state index in [0.717, 1.165) is 22.4 Å². The molecule has 0 amide bonds. The first-order valence-electron chi connectivity index (χ1n) is 5.06. The predicted octanol–water partition coefficient (Wildman–Crippen LogP) is 3.64. The summed E-state index contributed by atoms with van der Waals surface area (Å²) in [6, 6.07) is 3.94. The highest BCUT2D eigenvalue weighted by Crippen LogP contribution is 2.36. The van der Waals surface area contributed by atoms with Gasteiger partial charge in [0.05, 0.1) is 15.8 Å². The maximum atomic E-state index is 5.93. The van der Waals surface area contributed by atoms with E-state index in [1.165, 1.54) is 0 Å². The third-order valence-electron chi connectivity index (χ3n) is 2.70. The largest absolute Gasteiger partial charge is 0.355 e. The van der Waals surface area contributed by atoms with Gasteiger partial charge < -0.3 is 4.74 Å². The first-order valence-corrected chi connectivity index (χ1v) is 6.26. The van der Waals surface area contributed by atoms with Gasteiger partial charge in [-0.15, -0.1) is 23.7 Å². The van der Waals surface area contributed by atoms with Crippen molar-refractivity contribution >= 4 is 35.3 Å². The fraction of sp³-hybridized carbons (Fsp3) is 0.636. The van der Waals surface area contributed by atoms with E-state index < -0.39 is 0 Å². The molecule has 2 rings (SSSR count). The Bertz CT molecular complexity index is 355. The highest BCUT2D eigenvalue weighted by atomic mass is 35.5. The van der Waals surface area contributed by atoms with Crippen molar-refractivity contribution < 1.29 is 4.74 Å². The average Bonchev–Trinajstić information content (AvgIpc) is 2.59. The van der Waals surface area contributed by atoms with Gasteiger partial charge in [0.15, 0.2) is 5.72 Å². The van der Waals surface area contributed by atoms with Crippen LogP contribution in [0.5, 0.6) is 0 Å². The van der Waals surface area contributed by atoms with Gasteiger partial charge in [-0.1, -0.05) is 25.4 Å². The van der Waals surface area contributed by atoms with Crippen molar-refractivity contribution in [3.05, 3.63) is 21.3 Å². The van der Waals surface area contributed by atoms with Crippen LogP contribution >= 0.6 is 35.3 Å². The number of hydrogen-bond donors (Lipinski definition) is 1. The van der Waals surface area contributed by atoms with E-state index in [1.54, 1.807) is 11.3 Å². The summed E-state index contributed by atoms with van der Waals surface area (Å²) in [5, 5.41) is 3.44. The van der Waals surface area contributed by atoms with Crippen molar-refractivity contribution in [3.8, 4) is 0 Å². The molecule has 2 nitrogen and oxygen atoms in total. The lowest BCUT2D eigenvalue weighted by molar-refractivity contribution is -0.129. The van der Waals surface area contributed by atoms with Crippen molar-refractivity contribution in [2.24, 2.45) is 5.41 Å². The molecule has 0 aromatic carbocycles. The number of rotatable bonds is 1. The monoisotopic (exact) mass is 281 g/mol. The number of ether oxygens (including phenoxy) is 1. The summed E-state index contributed by atoms with van der Waals surface area (Å²) in [7, 11) is 0. The Morgan fingerprint density at radius 2 is 2.06 bits per heavy atom. The van der Waals surface area contributed by atoms with Crippen molar-refractivity contribution in [3.63, 3.8) is 0 Å². The number of nitrogens with one attached hydrogen (secondary N) is 1. The predicted molar refractivity (Wildman–Crippen MR) is 71.7 cm³/mol. The molecule has 1 aromatic rings. The number of halogens is 2. The molecular weight excluding hydrogens is 265 g/mol. The fourth-order valence-corrected chi connectivity index (χ4v) is 2.70. The molecule has 16 heavy (non-hydrogen) atoms. The molecule has 1 unspecified atom stereocenters. The minimum absolute atomic E-state index is 0. The van der Waals surface area contributed by atoms with Crippen LogP contribution in [0.25, 0.3) is 0 Å². The van der Waals surface area contributed by atoms with E-state index in [9.17, 15) is 0 Å². The SMILES string of the molecule is CC1(C)CNC(C)(c2ccc(Cl)s2)OC1.Cl. The summed E-state index contributed by atoms with van der Waals surface area (Å²) < 4.78 is 6.73. The van der Waals surface area contributed by atoms with Crippen LogP contribution in [0, 0.1) is 5.41 Å². The zero-order valence-electron chi connectivity index (χ0n) is 9.67. The molecule has 0 spiro atoms. The molecular formula is C11H17Cl2NOS. The van der Waals surface area contributed by atoms with Crippen LogP contribution < -0.4 is 5.32 Å². The smallest absolute Gasteiger partial charge is 0.151 e. The van der Waals surface area contributed by atoms with Gasteiger partial charge in [0, 0.05) is 12.0 Å². The summed E-state index contributed by atoms with van der Waals surface area (Å²) in [5.74, 6) is 0. The lowest BCUT2D eigenvalue weighted by atomic mass is 9.92. The van der Waals surface area contributed by atoms with Crippen LogP contribution in [0.2, 0.25) is 4.34 Å². The van der Waals surface area contributed by atoms with Gasteiger partial charge in [0.25, 0.3) is 0 Å². The first kappa shape index (κ1) is 14.3. The molecule has 1 fully saturated rings.